The van der Waals surface area contributed by atoms with E-state index in [1.54, 1.807) is 0 Å². The van der Waals surface area contributed by atoms with Crippen LogP contribution in [0.15, 0.2) is 11.1 Å². The Kier molecular flexibility index (Phi) is 7.11. The number of hydrogen-bond donors (Lipinski definition) is 1. The number of nitrogens with two attached hydrogens (primary N) is 1. The van der Waals surface area contributed by atoms with Gasteiger partial charge in [-0.15, -0.1) is 0 Å². The number of carbonyl (C=O) groups excluding carboxylic acids is 1. The molecular weight excluding hydrogens is 178 g/mol. The third-order valence-corrected chi connectivity index (χ3v) is 2.17. The van der Waals surface area contributed by atoms with Crippen LogP contribution in [0, 0.1) is 0 Å². The molecule has 0 aliphatic rings. The molecule has 0 radical (unpaired) electrons. The van der Waals surface area contributed by atoms with Crippen molar-refractivity contribution in [2.24, 2.45) is 5.73 Å². The zero-order chi connectivity index (χ0) is 11.0. The van der Waals surface area contributed by atoms with Crippen molar-refractivity contribution in [2.75, 3.05) is 13.2 Å². The summed E-state index contributed by atoms with van der Waals surface area (Å²) in [5, 5.41) is 0. The molecule has 82 valence electrons. The molecule has 0 amide bonds. The van der Waals surface area contributed by atoms with E-state index in [1.165, 1.54) is 5.57 Å². The van der Waals surface area contributed by atoms with E-state index in [9.17, 15) is 4.79 Å². The molecule has 0 saturated carbocycles. The van der Waals surface area contributed by atoms with Gasteiger partial charge in [0.05, 0.1) is 0 Å². The van der Waals surface area contributed by atoms with Gasteiger partial charge in [-0.2, -0.15) is 0 Å². The van der Waals surface area contributed by atoms with Crippen molar-refractivity contribution in [3.63, 3.8) is 0 Å². The maximum Gasteiger partial charge on any atom is 0.333 e. The maximum atomic E-state index is 11.4. The number of ether oxygens (including phenoxy) is 1. The van der Waals surface area contributed by atoms with Crippen LogP contribution in [0.1, 0.15) is 40.0 Å². The molecule has 2 N–H and O–H groups in total. The molecule has 0 heterocycles. The van der Waals surface area contributed by atoms with E-state index in [1.807, 2.05) is 6.92 Å². The summed E-state index contributed by atoms with van der Waals surface area (Å²) in [5.74, 6) is -0.222. The first-order chi connectivity index (χ1) is 6.67. The number of carbonyl (C=O) groups is 1. The molecule has 0 aromatic heterocycles. The molecule has 0 aromatic rings. The first kappa shape index (κ1) is 13.2. The first-order valence-electron chi connectivity index (χ1n) is 5.23. The Labute approximate surface area is 86.3 Å². The normalized spacial score (nSPS) is 12.3. The van der Waals surface area contributed by atoms with Crippen molar-refractivity contribution in [2.45, 2.75) is 40.0 Å². The molecule has 0 spiro atoms. The van der Waals surface area contributed by atoms with Gasteiger partial charge in [-0.3, -0.25) is 0 Å². The highest BCUT2D eigenvalue weighted by Gasteiger charge is 2.09. The van der Waals surface area contributed by atoms with Crippen LogP contribution in [0.2, 0.25) is 0 Å². The fraction of sp³-hybridized carbons (Fsp3) is 0.727. The van der Waals surface area contributed by atoms with Crippen molar-refractivity contribution in [3.05, 3.63) is 11.1 Å². The van der Waals surface area contributed by atoms with Crippen molar-refractivity contribution in [3.8, 4) is 0 Å². The Hall–Kier alpha value is -0.830. The summed E-state index contributed by atoms with van der Waals surface area (Å²) in [6, 6.07) is 0. The smallest absolute Gasteiger partial charge is 0.333 e. The van der Waals surface area contributed by atoms with Crippen molar-refractivity contribution < 1.29 is 9.53 Å². The summed E-state index contributed by atoms with van der Waals surface area (Å²) in [7, 11) is 0. The molecule has 3 heteroatoms. The summed E-state index contributed by atoms with van der Waals surface area (Å²) in [6.07, 6.45) is 2.95. The largest absolute Gasteiger partial charge is 0.461 e. The Morgan fingerprint density at radius 3 is 2.43 bits per heavy atom. The van der Waals surface area contributed by atoms with Crippen LogP contribution < -0.4 is 5.73 Å². The van der Waals surface area contributed by atoms with Crippen LogP contribution >= 0.6 is 0 Å². The minimum Gasteiger partial charge on any atom is -0.461 e. The van der Waals surface area contributed by atoms with Crippen molar-refractivity contribution >= 4 is 5.97 Å². The highest BCUT2D eigenvalue weighted by atomic mass is 16.5. The molecule has 3 nitrogen and oxygen atoms in total. The zero-order valence-electron chi connectivity index (χ0n) is 9.43. The average Bonchev–Trinajstić information content (AvgIpc) is 2.21. The Bertz CT molecular complexity index is 209. The van der Waals surface area contributed by atoms with Crippen molar-refractivity contribution in [1.29, 1.82) is 0 Å². The van der Waals surface area contributed by atoms with Crippen LogP contribution in [0.4, 0.5) is 0 Å². The van der Waals surface area contributed by atoms with Gasteiger partial charge in [-0.05, 0) is 19.8 Å². The van der Waals surface area contributed by atoms with Gasteiger partial charge >= 0.3 is 5.97 Å². The number of esters is 1. The summed E-state index contributed by atoms with van der Waals surface area (Å²) in [6.45, 7) is 6.68. The second-order valence-corrected chi connectivity index (χ2v) is 3.26. The van der Waals surface area contributed by atoms with E-state index in [4.69, 9.17) is 10.5 Å². The molecule has 0 aromatic carbocycles. The van der Waals surface area contributed by atoms with E-state index in [2.05, 4.69) is 13.8 Å². The molecule has 0 unspecified atom stereocenters. The molecule has 0 bridgehead atoms. The van der Waals surface area contributed by atoms with Gasteiger partial charge in [0.2, 0.25) is 0 Å². The lowest BCUT2D eigenvalue weighted by atomic mass is 10.0. The molecule has 0 saturated heterocycles. The number of allylic oxidation sites excluding steroid dienone is 1. The van der Waals surface area contributed by atoms with Crippen LogP contribution in [0.3, 0.4) is 0 Å². The standard InChI is InChI=1S/C11H21NO2/c1-4-6-10(5-2)9(3)11(13)14-8-7-12/h4-8,12H2,1-3H3. The van der Waals surface area contributed by atoms with Gasteiger partial charge < -0.3 is 10.5 Å². The quantitative estimate of drug-likeness (QED) is 0.526. The van der Waals surface area contributed by atoms with Gasteiger partial charge in [-0.1, -0.05) is 25.8 Å². The summed E-state index contributed by atoms with van der Waals surface area (Å²) in [4.78, 5) is 11.4. The fourth-order valence-corrected chi connectivity index (χ4v) is 1.34. The molecule has 0 rings (SSSR count). The van der Waals surface area contributed by atoms with E-state index in [0.717, 1.165) is 24.8 Å². The lowest BCUT2D eigenvalue weighted by Crippen LogP contribution is -2.15. The van der Waals surface area contributed by atoms with Crippen LogP contribution in [0.5, 0.6) is 0 Å². The SMILES string of the molecule is CCCC(CC)=C(C)C(=O)OCCN. The predicted molar refractivity (Wildman–Crippen MR) is 57.9 cm³/mol. The molecular formula is C11H21NO2. The van der Waals surface area contributed by atoms with Crippen LogP contribution in [-0.4, -0.2) is 19.1 Å². The van der Waals surface area contributed by atoms with Gasteiger partial charge in [-0.25, -0.2) is 4.79 Å². The van der Waals surface area contributed by atoms with Crippen molar-refractivity contribution in [1.82, 2.24) is 0 Å². The molecule has 0 fully saturated rings. The highest BCUT2D eigenvalue weighted by Crippen LogP contribution is 2.15. The molecule has 0 aliphatic carbocycles. The summed E-state index contributed by atoms with van der Waals surface area (Å²) in [5.41, 5.74) is 7.19. The van der Waals surface area contributed by atoms with Gasteiger partial charge in [0.15, 0.2) is 0 Å². The lowest BCUT2D eigenvalue weighted by Gasteiger charge is -2.09. The minimum atomic E-state index is -0.222. The summed E-state index contributed by atoms with van der Waals surface area (Å²) >= 11 is 0. The van der Waals surface area contributed by atoms with Gasteiger partial charge in [0, 0.05) is 12.1 Å². The van der Waals surface area contributed by atoms with E-state index >= 15 is 0 Å². The highest BCUT2D eigenvalue weighted by molar-refractivity contribution is 5.88. The lowest BCUT2D eigenvalue weighted by molar-refractivity contribution is -0.138. The topological polar surface area (TPSA) is 52.3 Å². The third kappa shape index (κ3) is 4.42. The second kappa shape index (κ2) is 7.56. The number of hydrogen-bond acceptors (Lipinski definition) is 3. The monoisotopic (exact) mass is 199 g/mol. The fourth-order valence-electron chi connectivity index (χ4n) is 1.34. The maximum absolute atomic E-state index is 11.4. The molecule has 0 aliphatic heterocycles. The number of rotatable bonds is 6. The van der Waals surface area contributed by atoms with Gasteiger partial charge in [0.25, 0.3) is 0 Å². The van der Waals surface area contributed by atoms with Gasteiger partial charge in [0.1, 0.15) is 6.61 Å². The van der Waals surface area contributed by atoms with E-state index < -0.39 is 0 Å². The average molecular weight is 199 g/mol. The minimum absolute atomic E-state index is 0.222. The van der Waals surface area contributed by atoms with Crippen LogP contribution in [-0.2, 0) is 9.53 Å². The Balaban J connectivity index is 4.35. The third-order valence-electron chi connectivity index (χ3n) is 2.17. The van der Waals surface area contributed by atoms with E-state index in [-0.39, 0.29) is 5.97 Å². The summed E-state index contributed by atoms with van der Waals surface area (Å²) < 4.78 is 4.96. The van der Waals surface area contributed by atoms with Crippen LogP contribution in [0.25, 0.3) is 0 Å². The Morgan fingerprint density at radius 1 is 1.36 bits per heavy atom. The molecule has 14 heavy (non-hydrogen) atoms. The Morgan fingerprint density at radius 2 is 2.00 bits per heavy atom. The first-order valence-corrected chi connectivity index (χ1v) is 5.23. The second-order valence-electron chi connectivity index (χ2n) is 3.26. The zero-order valence-corrected chi connectivity index (χ0v) is 9.43. The van der Waals surface area contributed by atoms with E-state index in [0.29, 0.717) is 13.2 Å². The molecule has 0 atom stereocenters. The predicted octanol–water partition coefficient (Wildman–Crippen LogP) is 2.01.